The third kappa shape index (κ3) is 3.78. The quantitative estimate of drug-likeness (QED) is 0.638. The zero-order chi connectivity index (χ0) is 13.5. The molecule has 0 aliphatic heterocycles. The number of aliphatic hydroxyl groups excluding tert-OH is 1. The molecular formula is C12H15ClO5. The minimum Gasteiger partial charge on any atom is -0.496 e. The maximum Gasteiger partial charge on any atom is 0.355 e. The van der Waals surface area contributed by atoms with Crippen LogP contribution in [0.5, 0.6) is 11.5 Å². The van der Waals surface area contributed by atoms with E-state index in [9.17, 15) is 4.79 Å². The molecule has 0 aliphatic rings. The smallest absolute Gasteiger partial charge is 0.355 e. The van der Waals surface area contributed by atoms with Gasteiger partial charge in [0, 0.05) is 18.1 Å². The Balaban J connectivity index is 2.79. The zero-order valence-corrected chi connectivity index (χ0v) is 11.0. The minimum atomic E-state index is -0.473. The van der Waals surface area contributed by atoms with Gasteiger partial charge in [-0.25, -0.2) is 4.79 Å². The number of carbonyl (C=O) groups is 1. The molecule has 0 unspecified atom stereocenters. The van der Waals surface area contributed by atoms with E-state index in [4.69, 9.17) is 26.3 Å². The lowest BCUT2D eigenvalue weighted by atomic mass is 10.2. The van der Waals surface area contributed by atoms with Crippen molar-refractivity contribution in [3.05, 3.63) is 22.7 Å². The SMILES string of the molecule is CCCC(=O)OOc1cc(OC)c(CO)cc1Cl. The molecule has 0 amide bonds. The normalized spacial score (nSPS) is 10.0. The second kappa shape index (κ2) is 7.08. The maximum atomic E-state index is 11.1. The maximum absolute atomic E-state index is 11.1. The number of aliphatic hydroxyl groups is 1. The topological polar surface area (TPSA) is 65.0 Å². The van der Waals surface area contributed by atoms with Gasteiger partial charge in [-0.2, -0.15) is 0 Å². The van der Waals surface area contributed by atoms with Crippen LogP contribution in [0.25, 0.3) is 0 Å². The van der Waals surface area contributed by atoms with Gasteiger partial charge in [0.25, 0.3) is 0 Å². The summed E-state index contributed by atoms with van der Waals surface area (Å²) in [5.41, 5.74) is 0.523. The average Bonchev–Trinajstić information content (AvgIpc) is 2.37. The molecule has 0 bridgehead atoms. The average molecular weight is 275 g/mol. The molecule has 6 heteroatoms. The Morgan fingerprint density at radius 2 is 2.11 bits per heavy atom. The van der Waals surface area contributed by atoms with Crippen LogP contribution >= 0.6 is 11.6 Å². The first-order valence-corrected chi connectivity index (χ1v) is 5.84. The first kappa shape index (κ1) is 14.6. The number of hydrogen-bond donors (Lipinski definition) is 1. The molecular weight excluding hydrogens is 260 g/mol. The van der Waals surface area contributed by atoms with Crippen LogP contribution in [0.3, 0.4) is 0 Å². The molecule has 0 atom stereocenters. The zero-order valence-electron chi connectivity index (χ0n) is 10.2. The van der Waals surface area contributed by atoms with Gasteiger partial charge in [-0.05, 0) is 12.5 Å². The summed E-state index contributed by atoms with van der Waals surface area (Å²) in [4.78, 5) is 20.6. The molecule has 0 heterocycles. The predicted octanol–water partition coefficient (Wildman–Crippen LogP) is 2.48. The Labute approximate surface area is 110 Å². The van der Waals surface area contributed by atoms with Crippen molar-refractivity contribution >= 4 is 17.6 Å². The van der Waals surface area contributed by atoms with E-state index in [1.54, 1.807) is 0 Å². The Hall–Kier alpha value is -1.46. The number of rotatable bonds is 6. The number of methoxy groups -OCH3 is 1. The van der Waals surface area contributed by atoms with Gasteiger partial charge in [0.05, 0.1) is 18.7 Å². The monoisotopic (exact) mass is 274 g/mol. The van der Waals surface area contributed by atoms with Crippen LogP contribution in [0.15, 0.2) is 12.1 Å². The van der Waals surface area contributed by atoms with E-state index in [2.05, 4.69) is 4.89 Å². The number of halogens is 1. The van der Waals surface area contributed by atoms with Crippen LogP contribution in [-0.2, 0) is 16.3 Å². The Morgan fingerprint density at radius 1 is 1.39 bits per heavy atom. The van der Waals surface area contributed by atoms with Gasteiger partial charge < -0.3 is 9.84 Å². The molecule has 0 saturated heterocycles. The van der Waals surface area contributed by atoms with Crippen molar-refractivity contribution in [3.63, 3.8) is 0 Å². The van der Waals surface area contributed by atoms with E-state index in [-0.39, 0.29) is 23.8 Å². The number of ether oxygens (including phenoxy) is 1. The van der Waals surface area contributed by atoms with Crippen molar-refractivity contribution in [2.75, 3.05) is 7.11 Å². The second-order valence-corrected chi connectivity index (χ2v) is 3.95. The Kier molecular flexibility index (Phi) is 5.74. The van der Waals surface area contributed by atoms with E-state index in [1.165, 1.54) is 19.2 Å². The van der Waals surface area contributed by atoms with Crippen LogP contribution < -0.4 is 9.62 Å². The van der Waals surface area contributed by atoms with E-state index in [0.29, 0.717) is 17.7 Å². The summed E-state index contributed by atoms with van der Waals surface area (Å²) >= 11 is 5.91. The highest BCUT2D eigenvalue weighted by molar-refractivity contribution is 6.32. The van der Waals surface area contributed by atoms with Gasteiger partial charge in [-0.3, -0.25) is 9.78 Å². The number of hydrogen-bond acceptors (Lipinski definition) is 5. The van der Waals surface area contributed by atoms with Crippen LogP contribution in [0.2, 0.25) is 5.02 Å². The van der Waals surface area contributed by atoms with E-state index < -0.39 is 5.97 Å². The van der Waals surface area contributed by atoms with E-state index in [0.717, 1.165) is 0 Å². The van der Waals surface area contributed by atoms with E-state index >= 15 is 0 Å². The second-order valence-electron chi connectivity index (χ2n) is 3.54. The minimum absolute atomic E-state index is 0.162. The van der Waals surface area contributed by atoms with Crippen LogP contribution in [-0.4, -0.2) is 18.2 Å². The summed E-state index contributed by atoms with van der Waals surface area (Å²) in [6, 6.07) is 2.94. The van der Waals surface area contributed by atoms with Crippen molar-refractivity contribution in [2.24, 2.45) is 0 Å². The highest BCUT2D eigenvalue weighted by atomic mass is 35.5. The number of carbonyl (C=O) groups excluding carboxylic acids is 1. The van der Waals surface area contributed by atoms with Crippen LogP contribution in [0.4, 0.5) is 0 Å². The molecule has 1 rings (SSSR count). The molecule has 0 aromatic heterocycles. The van der Waals surface area contributed by atoms with Gasteiger partial charge in [-0.1, -0.05) is 18.5 Å². The summed E-state index contributed by atoms with van der Waals surface area (Å²) in [7, 11) is 1.45. The third-order valence-electron chi connectivity index (χ3n) is 2.18. The molecule has 18 heavy (non-hydrogen) atoms. The van der Waals surface area contributed by atoms with Crippen LogP contribution in [0.1, 0.15) is 25.3 Å². The summed E-state index contributed by atoms with van der Waals surface area (Å²) in [6.07, 6.45) is 0.937. The van der Waals surface area contributed by atoms with Gasteiger partial charge in [-0.15, -0.1) is 0 Å². The first-order valence-electron chi connectivity index (χ1n) is 5.47. The van der Waals surface area contributed by atoms with Crippen molar-refractivity contribution in [2.45, 2.75) is 26.4 Å². The van der Waals surface area contributed by atoms with Crippen molar-refractivity contribution in [3.8, 4) is 11.5 Å². The van der Waals surface area contributed by atoms with Crippen molar-refractivity contribution in [1.29, 1.82) is 0 Å². The lowest BCUT2D eigenvalue weighted by molar-refractivity contribution is -0.213. The molecule has 0 spiro atoms. The highest BCUT2D eigenvalue weighted by Gasteiger charge is 2.12. The largest absolute Gasteiger partial charge is 0.496 e. The van der Waals surface area contributed by atoms with Crippen molar-refractivity contribution in [1.82, 2.24) is 0 Å². The molecule has 0 radical (unpaired) electrons. The molecule has 1 aromatic carbocycles. The van der Waals surface area contributed by atoms with Gasteiger partial charge >= 0.3 is 5.97 Å². The Morgan fingerprint density at radius 3 is 2.67 bits per heavy atom. The summed E-state index contributed by atoms with van der Waals surface area (Å²) < 4.78 is 5.05. The Bertz CT molecular complexity index is 419. The molecule has 0 saturated carbocycles. The molecule has 1 aromatic rings. The fraction of sp³-hybridized carbons (Fsp3) is 0.417. The standard InChI is InChI=1S/C12H15ClO5/c1-3-4-12(15)18-17-11-6-10(16-2)8(7-14)5-9(11)13/h5-6,14H,3-4,7H2,1-2H3. The molecule has 5 nitrogen and oxygen atoms in total. The molecule has 0 fully saturated rings. The van der Waals surface area contributed by atoms with Gasteiger partial charge in [0.2, 0.25) is 5.75 Å². The fourth-order valence-electron chi connectivity index (χ4n) is 1.29. The summed E-state index contributed by atoms with van der Waals surface area (Å²) in [6.45, 7) is 1.64. The lowest BCUT2D eigenvalue weighted by Crippen LogP contribution is -2.07. The van der Waals surface area contributed by atoms with E-state index in [1.807, 2.05) is 6.92 Å². The van der Waals surface area contributed by atoms with Gasteiger partial charge in [0.1, 0.15) is 5.75 Å². The lowest BCUT2D eigenvalue weighted by Gasteiger charge is -2.10. The van der Waals surface area contributed by atoms with Crippen molar-refractivity contribution < 1.29 is 24.4 Å². The predicted molar refractivity (Wildman–Crippen MR) is 65.6 cm³/mol. The van der Waals surface area contributed by atoms with Gasteiger partial charge in [0.15, 0.2) is 0 Å². The number of benzene rings is 1. The molecule has 1 N–H and O–H groups in total. The first-order chi connectivity index (χ1) is 8.62. The summed E-state index contributed by atoms with van der Waals surface area (Å²) in [5.74, 6) is 0.0948. The fourth-order valence-corrected chi connectivity index (χ4v) is 1.51. The third-order valence-corrected chi connectivity index (χ3v) is 2.48. The summed E-state index contributed by atoms with van der Waals surface area (Å²) in [5, 5.41) is 9.31. The highest BCUT2D eigenvalue weighted by Crippen LogP contribution is 2.32. The molecule has 100 valence electrons. The van der Waals surface area contributed by atoms with Crippen LogP contribution in [0, 0.1) is 0 Å². The molecule has 0 aliphatic carbocycles.